The molecule has 188 valence electrons. The van der Waals surface area contributed by atoms with Gasteiger partial charge >= 0.3 is 0 Å². The predicted molar refractivity (Wildman–Crippen MR) is 127 cm³/mol. The molecular weight excluding hydrogens is 455 g/mol. The maximum Gasteiger partial charge on any atom is 0.249 e. The van der Waals surface area contributed by atoms with E-state index in [1.165, 1.54) is 17.0 Å². The van der Waals surface area contributed by atoms with Crippen molar-refractivity contribution in [3.05, 3.63) is 71.0 Å². The number of halogens is 3. The Morgan fingerprint density at radius 3 is 2.49 bits per heavy atom. The highest BCUT2D eigenvalue weighted by molar-refractivity contribution is 5.89. The number of hydrogen-bond donors (Lipinski definition) is 0. The van der Waals surface area contributed by atoms with Crippen LogP contribution in [0.5, 0.6) is 0 Å². The zero-order valence-corrected chi connectivity index (χ0v) is 20.1. The number of rotatable bonds is 8. The van der Waals surface area contributed by atoms with Gasteiger partial charge in [-0.3, -0.25) is 9.59 Å². The fourth-order valence-corrected chi connectivity index (χ4v) is 5.18. The summed E-state index contributed by atoms with van der Waals surface area (Å²) in [4.78, 5) is 31.2. The molecule has 2 aliphatic heterocycles. The molecule has 2 heterocycles. The zero-order chi connectivity index (χ0) is 24.9. The number of carbonyl (C=O) groups is 2. The Bertz CT molecular complexity index is 1060. The van der Waals surface area contributed by atoms with Gasteiger partial charge in [-0.2, -0.15) is 0 Å². The molecule has 0 spiro atoms. The van der Waals surface area contributed by atoms with Crippen molar-refractivity contribution in [2.24, 2.45) is 0 Å². The van der Waals surface area contributed by atoms with Gasteiger partial charge in [0, 0.05) is 26.6 Å². The van der Waals surface area contributed by atoms with E-state index in [2.05, 4.69) is 4.90 Å². The summed E-state index contributed by atoms with van der Waals surface area (Å²) < 4.78 is 40.9. The Labute approximate surface area is 204 Å². The lowest BCUT2D eigenvalue weighted by Crippen LogP contribution is -2.43. The molecule has 2 saturated heterocycles. The fraction of sp³-hybridized carbons (Fsp3) is 0.481. The predicted octanol–water partition coefficient (Wildman–Crippen LogP) is 4.50. The Morgan fingerprint density at radius 2 is 1.83 bits per heavy atom. The second-order valence-corrected chi connectivity index (χ2v) is 9.55. The van der Waals surface area contributed by atoms with Crippen LogP contribution in [0, 0.1) is 17.5 Å². The summed E-state index contributed by atoms with van der Waals surface area (Å²) >= 11 is 0. The van der Waals surface area contributed by atoms with Gasteiger partial charge in [-0.1, -0.05) is 18.2 Å². The van der Waals surface area contributed by atoms with Crippen molar-refractivity contribution < 1.29 is 22.8 Å². The van der Waals surface area contributed by atoms with Gasteiger partial charge in [0.05, 0.1) is 0 Å². The van der Waals surface area contributed by atoms with Crippen LogP contribution >= 0.6 is 0 Å². The van der Waals surface area contributed by atoms with Crippen LogP contribution in [0.4, 0.5) is 13.2 Å². The van der Waals surface area contributed by atoms with Gasteiger partial charge in [-0.15, -0.1) is 0 Å². The van der Waals surface area contributed by atoms with Crippen molar-refractivity contribution in [3.63, 3.8) is 0 Å². The normalized spacial score (nSPS) is 18.2. The number of carbonyl (C=O) groups excluding carboxylic acids is 2. The molecule has 2 amide bonds. The lowest BCUT2D eigenvalue weighted by atomic mass is 9.89. The van der Waals surface area contributed by atoms with Crippen LogP contribution in [0.2, 0.25) is 0 Å². The van der Waals surface area contributed by atoms with Gasteiger partial charge < -0.3 is 14.7 Å². The first-order valence-electron chi connectivity index (χ1n) is 12.3. The average molecular weight is 488 g/mol. The van der Waals surface area contributed by atoms with Crippen LogP contribution in [-0.2, 0) is 9.59 Å². The Kier molecular flexibility index (Phi) is 8.11. The highest BCUT2D eigenvalue weighted by Gasteiger charge is 2.36. The van der Waals surface area contributed by atoms with E-state index in [1.807, 2.05) is 6.07 Å². The van der Waals surface area contributed by atoms with Crippen LogP contribution in [0.3, 0.4) is 0 Å². The third-order valence-corrected chi connectivity index (χ3v) is 7.17. The molecule has 0 N–H and O–H groups in total. The van der Waals surface area contributed by atoms with Gasteiger partial charge in [-0.25, -0.2) is 13.2 Å². The molecule has 8 heteroatoms. The molecule has 4 rings (SSSR count). The van der Waals surface area contributed by atoms with E-state index in [0.717, 1.165) is 56.6 Å². The van der Waals surface area contributed by atoms with E-state index in [0.29, 0.717) is 31.8 Å². The average Bonchev–Trinajstić information content (AvgIpc) is 3.27. The summed E-state index contributed by atoms with van der Waals surface area (Å²) in [6, 6.07) is 9.27. The molecule has 0 radical (unpaired) electrons. The molecule has 0 aliphatic carbocycles. The number of hydrogen-bond acceptors (Lipinski definition) is 3. The maximum atomic E-state index is 13.9. The number of nitrogens with zero attached hydrogens (tertiary/aromatic N) is 3. The topological polar surface area (TPSA) is 43.9 Å². The van der Waals surface area contributed by atoms with Crippen LogP contribution < -0.4 is 0 Å². The Balaban J connectivity index is 1.31. The zero-order valence-electron chi connectivity index (χ0n) is 20.1. The molecule has 5 nitrogen and oxygen atoms in total. The van der Waals surface area contributed by atoms with E-state index in [9.17, 15) is 22.8 Å². The van der Waals surface area contributed by atoms with Crippen molar-refractivity contribution in [2.45, 2.75) is 44.1 Å². The van der Waals surface area contributed by atoms with E-state index in [1.54, 1.807) is 24.1 Å². The van der Waals surface area contributed by atoms with Crippen LogP contribution in [0.15, 0.2) is 42.5 Å². The molecule has 1 unspecified atom stereocenters. The third kappa shape index (κ3) is 6.04. The fourth-order valence-electron chi connectivity index (χ4n) is 5.18. The molecule has 0 bridgehead atoms. The summed E-state index contributed by atoms with van der Waals surface area (Å²) in [5.41, 5.74) is 1.34. The monoisotopic (exact) mass is 487 g/mol. The number of amides is 2. The minimum Gasteiger partial charge on any atom is -0.344 e. The van der Waals surface area contributed by atoms with Crippen molar-refractivity contribution in [2.75, 3.05) is 39.8 Å². The minimum absolute atomic E-state index is 0.150. The summed E-state index contributed by atoms with van der Waals surface area (Å²) in [6.45, 7) is 3.57. The van der Waals surface area contributed by atoms with E-state index < -0.39 is 17.7 Å². The molecule has 0 saturated carbocycles. The van der Waals surface area contributed by atoms with Gasteiger partial charge in [0.2, 0.25) is 11.8 Å². The lowest BCUT2D eigenvalue weighted by molar-refractivity contribution is -0.143. The van der Waals surface area contributed by atoms with Crippen molar-refractivity contribution >= 4 is 11.8 Å². The van der Waals surface area contributed by atoms with Crippen molar-refractivity contribution in [1.29, 1.82) is 0 Å². The first kappa shape index (κ1) is 25.2. The third-order valence-electron chi connectivity index (χ3n) is 7.17. The van der Waals surface area contributed by atoms with E-state index in [-0.39, 0.29) is 23.2 Å². The standard InChI is InChI=1S/C27H32F3N3O2/c1-31(12-4-13-32-15-10-19(11-16-32)20-5-2-6-22(28)17-20)27(35)26(33-14-3-7-25(33)34)21-8-9-23(29)24(30)18-21/h2,5-6,8-9,17-19,26H,3-4,7,10-16H2,1H3. The van der Waals surface area contributed by atoms with Crippen LogP contribution in [-0.4, -0.2) is 66.3 Å². The van der Waals surface area contributed by atoms with Crippen molar-refractivity contribution in [3.8, 4) is 0 Å². The maximum absolute atomic E-state index is 13.9. The largest absolute Gasteiger partial charge is 0.344 e. The van der Waals surface area contributed by atoms with Crippen LogP contribution in [0.25, 0.3) is 0 Å². The minimum atomic E-state index is -1.03. The molecule has 35 heavy (non-hydrogen) atoms. The van der Waals surface area contributed by atoms with Gasteiger partial charge in [-0.05, 0) is 86.6 Å². The van der Waals surface area contributed by atoms with E-state index in [4.69, 9.17) is 0 Å². The second-order valence-electron chi connectivity index (χ2n) is 9.55. The molecule has 1 atom stereocenters. The van der Waals surface area contributed by atoms with Gasteiger partial charge in [0.1, 0.15) is 11.9 Å². The number of likely N-dealkylation sites (tertiary alicyclic amines) is 2. The smallest absolute Gasteiger partial charge is 0.249 e. The summed E-state index contributed by atoms with van der Waals surface area (Å²) in [5, 5.41) is 0. The molecule has 0 aromatic heterocycles. The van der Waals surface area contributed by atoms with Crippen molar-refractivity contribution in [1.82, 2.24) is 14.7 Å². The van der Waals surface area contributed by atoms with Gasteiger partial charge in [0.15, 0.2) is 11.6 Å². The number of benzene rings is 2. The quantitative estimate of drug-likeness (QED) is 0.551. The molecule has 2 aliphatic rings. The first-order chi connectivity index (χ1) is 16.8. The van der Waals surface area contributed by atoms with Gasteiger partial charge in [0.25, 0.3) is 0 Å². The van der Waals surface area contributed by atoms with E-state index >= 15 is 0 Å². The number of likely N-dealkylation sites (N-methyl/N-ethyl adjacent to an activating group) is 1. The summed E-state index contributed by atoms with van der Waals surface area (Å²) in [5.74, 6) is -2.30. The molecule has 2 aromatic carbocycles. The lowest BCUT2D eigenvalue weighted by Gasteiger charge is -2.33. The van der Waals surface area contributed by atoms with Crippen LogP contribution in [0.1, 0.15) is 55.2 Å². The number of piperidine rings is 1. The Morgan fingerprint density at radius 1 is 1.06 bits per heavy atom. The SMILES string of the molecule is CN(CCCN1CCC(c2cccc(F)c2)CC1)C(=O)C(c1ccc(F)c(F)c1)N1CCCC1=O. The second kappa shape index (κ2) is 11.2. The molecular formula is C27H32F3N3O2. The highest BCUT2D eigenvalue weighted by atomic mass is 19.2. The summed E-state index contributed by atoms with van der Waals surface area (Å²) in [7, 11) is 1.69. The Hall–Kier alpha value is -2.87. The highest BCUT2D eigenvalue weighted by Crippen LogP contribution is 2.30. The first-order valence-corrected chi connectivity index (χ1v) is 12.3. The summed E-state index contributed by atoms with van der Waals surface area (Å²) in [6.07, 6.45) is 3.68. The molecule has 2 fully saturated rings. The molecule has 2 aromatic rings.